The maximum absolute atomic E-state index is 11.7. The fraction of sp³-hybridized carbons (Fsp3) is 0.538. The first-order chi connectivity index (χ1) is 9.07. The first-order valence-corrected chi connectivity index (χ1v) is 8.33. The van der Waals surface area contributed by atoms with Gasteiger partial charge in [-0.2, -0.15) is 0 Å². The number of aliphatic hydroxyl groups excluding tert-OH is 1. The minimum atomic E-state index is -3.12. The van der Waals surface area contributed by atoms with Crippen molar-refractivity contribution in [3.8, 4) is 0 Å². The van der Waals surface area contributed by atoms with Crippen LogP contribution >= 0.6 is 0 Å². The van der Waals surface area contributed by atoms with Crippen LogP contribution in [0.1, 0.15) is 5.56 Å². The molecule has 6 heteroatoms. The van der Waals surface area contributed by atoms with Crippen LogP contribution in [0.15, 0.2) is 24.3 Å². The summed E-state index contributed by atoms with van der Waals surface area (Å²) in [6.07, 6.45) is -0.795. The number of nitrogens with zero attached hydrogens (tertiary/aromatic N) is 1. The Morgan fingerprint density at radius 1 is 1.26 bits per heavy atom. The molecule has 0 radical (unpaired) electrons. The number of para-hydroxylation sites is 1. The maximum atomic E-state index is 11.7. The molecule has 3 rings (SSSR count). The van der Waals surface area contributed by atoms with Gasteiger partial charge in [-0.1, -0.05) is 18.2 Å². The van der Waals surface area contributed by atoms with E-state index in [1.165, 1.54) is 0 Å². The molecule has 2 atom stereocenters. The van der Waals surface area contributed by atoms with Crippen molar-refractivity contribution in [2.75, 3.05) is 29.5 Å². The highest BCUT2D eigenvalue weighted by Gasteiger charge is 2.40. The number of hydrogen-bond donors (Lipinski definition) is 2. The Hall–Kier alpha value is -1.11. The van der Waals surface area contributed by atoms with Crippen molar-refractivity contribution < 1.29 is 13.5 Å². The third-order valence-corrected chi connectivity index (χ3v) is 5.54. The van der Waals surface area contributed by atoms with E-state index in [1.807, 2.05) is 29.2 Å². The third kappa shape index (κ3) is 2.48. The first-order valence-electron chi connectivity index (χ1n) is 6.50. The van der Waals surface area contributed by atoms with E-state index < -0.39 is 15.9 Å². The zero-order valence-corrected chi connectivity index (χ0v) is 11.4. The number of hydrogen-bond acceptors (Lipinski definition) is 5. The van der Waals surface area contributed by atoms with Gasteiger partial charge in [0, 0.05) is 25.3 Å². The van der Waals surface area contributed by atoms with Crippen LogP contribution in [0, 0.1) is 0 Å². The van der Waals surface area contributed by atoms with Gasteiger partial charge in [0.1, 0.15) is 0 Å². The van der Waals surface area contributed by atoms with Gasteiger partial charge in [-0.15, -0.1) is 0 Å². The number of sulfone groups is 1. The van der Waals surface area contributed by atoms with E-state index in [2.05, 4.69) is 5.32 Å². The Bertz CT molecular complexity index is 573. The molecular weight excluding hydrogens is 264 g/mol. The van der Waals surface area contributed by atoms with Gasteiger partial charge >= 0.3 is 0 Å². The molecule has 2 aliphatic rings. The minimum absolute atomic E-state index is 0.0441. The molecule has 0 aliphatic carbocycles. The molecule has 1 aromatic rings. The van der Waals surface area contributed by atoms with Crippen LogP contribution in [0.3, 0.4) is 0 Å². The van der Waals surface area contributed by atoms with Crippen molar-refractivity contribution in [2.45, 2.75) is 18.7 Å². The van der Waals surface area contributed by atoms with Crippen molar-refractivity contribution in [3.63, 3.8) is 0 Å². The predicted molar refractivity (Wildman–Crippen MR) is 73.9 cm³/mol. The van der Waals surface area contributed by atoms with Gasteiger partial charge in [-0.05, 0) is 11.6 Å². The summed E-state index contributed by atoms with van der Waals surface area (Å²) >= 11 is 0. The van der Waals surface area contributed by atoms with E-state index in [1.54, 1.807) is 0 Å². The highest BCUT2D eigenvalue weighted by atomic mass is 32.2. The molecule has 1 aromatic carbocycles. The molecular formula is C13H18N2O3S. The molecule has 2 unspecified atom stereocenters. The van der Waals surface area contributed by atoms with Crippen LogP contribution in [0.4, 0.5) is 5.69 Å². The average molecular weight is 282 g/mol. The van der Waals surface area contributed by atoms with Gasteiger partial charge in [0.15, 0.2) is 9.84 Å². The summed E-state index contributed by atoms with van der Waals surface area (Å²) in [4.78, 5) is 2.05. The van der Waals surface area contributed by atoms with Gasteiger partial charge in [0.2, 0.25) is 0 Å². The lowest BCUT2D eigenvalue weighted by Gasteiger charge is -2.32. The van der Waals surface area contributed by atoms with Crippen molar-refractivity contribution in [3.05, 3.63) is 29.8 Å². The van der Waals surface area contributed by atoms with Crippen molar-refractivity contribution in [1.29, 1.82) is 0 Å². The fourth-order valence-corrected chi connectivity index (χ4v) is 4.74. The monoisotopic (exact) mass is 282 g/mol. The summed E-state index contributed by atoms with van der Waals surface area (Å²) in [6, 6.07) is 7.64. The zero-order valence-electron chi connectivity index (χ0n) is 10.6. The van der Waals surface area contributed by atoms with E-state index in [4.69, 9.17) is 0 Å². The Kier molecular flexibility index (Phi) is 3.24. The molecule has 2 heterocycles. The maximum Gasteiger partial charge on any atom is 0.155 e. The minimum Gasteiger partial charge on any atom is -0.390 e. The summed E-state index contributed by atoms with van der Waals surface area (Å²) in [6.45, 7) is 2.29. The van der Waals surface area contributed by atoms with Crippen molar-refractivity contribution >= 4 is 15.5 Å². The zero-order chi connectivity index (χ0) is 13.5. The lowest BCUT2D eigenvalue weighted by Crippen LogP contribution is -2.45. The molecule has 0 spiro atoms. The number of fused-ring (bicyclic) bond motifs is 1. The molecule has 1 fully saturated rings. The molecule has 2 aliphatic heterocycles. The summed E-state index contributed by atoms with van der Waals surface area (Å²) in [5, 5.41) is 13.4. The van der Waals surface area contributed by atoms with Gasteiger partial charge in [-0.25, -0.2) is 8.42 Å². The van der Waals surface area contributed by atoms with E-state index in [0.717, 1.165) is 24.3 Å². The second-order valence-electron chi connectivity index (χ2n) is 5.21. The van der Waals surface area contributed by atoms with E-state index in [0.29, 0.717) is 6.54 Å². The Morgan fingerprint density at radius 3 is 2.79 bits per heavy atom. The van der Waals surface area contributed by atoms with Gasteiger partial charge in [-0.3, -0.25) is 0 Å². The van der Waals surface area contributed by atoms with Gasteiger partial charge in [0.05, 0.1) is 23.7 Å². The predicted octanol–water partition coefficient (Wildman–Crippen LogP) is -0.246. The summed E-state index contributed by atoms with van der Waals surface area (Å²) in [7, 11) is -3.12. The third-order valence-electron chi connectivity index (χ3n) is 3.84. The van der Waals surface area contributed by atoms with Crippen LogP contribution in [0.2, 0.25) is 0 Å². The molecule has 104 valence electrons. The topological polar surface area (TPSA) is 69.6 Å². The second kappa shape index (κ2) is 4.77. The highest BCUT2D eigenvalue weighted by Crippen LogP contribution is 2.28. The Labute approximate surface area is 113 Å². The quantitative estimate of drug-likeness (QED) is 0.743. The van der Waals surface area contributed by atoms with Crippen LogP contribution in [0.25, 0.3) is 0 Å². The fourth-order valence-electron chi connectivity index (χ4n) is 2.94. The van der Waals surface area contributed by atoms with Gasteiger partial charge in [0.25, 0.3) is 0 Å². The molecule has 5 nitrogen and oxygen atoms in total. The molecule has 0 aromatic heterocycles. The largest absolute Gasteiger partial charge is 0.390 e. The van der Waals surface area contributed by atoms with E-state index >= 15 is 0 Å². The van der Waals surface area contributed by atoms with Crippen LogP contribution in [-0.2, 0) is 16.4 Å². The number of benzene rings is 1. The highest BCUT2D eigenvalue weighted by molar-refractivity contribution is 7.91. The number of anilines is 1. The van der Waals surface area contributed by atoms with E-state index in [9.17, 15) is 13.5 Å². The normalized spacial score (nSPS) is 29.8. The smallest absolute Gasteiger partial charge is 0.155 e. The SMILES string of the molecule is O=S1(=O)CC(O)C(N2CCNCc3ccccc32)C1. The second-order valence-corrected chi connectivity index (χ2v) is 7.36. The molecule has 0 amide bonds. The summed E-state index contributed by atoms with van der Waals surface area (Å²) in [5.41, 5.74) is 2.19. The Morgan fingerprint density at radius 2 is 2.05 bits per heavy atom. The Balaban J connectivity index is 1.97. The van der Waals surface area contributed by atoms with Crippen LogP contribution in [0.5, 0.6) is 0 Å². The number of nitrogens with one attached hydrogen (secondary N) is 1. The number of rotatable bonds is 1. The van der Waals surface area contributed by atoms with Crippen LogP contribution < -0.4 is 10.2 Å². The lowest BCUT2D eigenvalue weighted by atomic mass is 10.1. The molecule has 1 saturated heterocycles. The van der Waals surface area contributed by atoms with Crippen LogP contribution in [-0.4, -0.2) is 50.3 Å². The molecule has 0 bridgehead atoms. The summed E-state index contributed by atoms with van der Waals surface area (Å²) < 4.78 is 23.4. The summed E-state index contributed by atoms with van der Waals surface area (Å²) in [5.74, 6) is -0.0771. The average Bonchev–Trinajstić information content (AvgIpc) is 2.55. The number of aliphatic hydroxyl groups is 1. The first kappa shape index (κ1) is 12.9. The molecule has 2 N–H and O–H groups in total. The standard InChI is InChI=1S/C13H18N2O3S/c16-13-9-19(17,18)8-12(13)15-6-5-14-7-10-3-1-2-4-11(10)15/h1-4,12-14,16H,5-9H2. The van der Waals surface area contributed by atoms with Crippen molar-refractivity contribution in [1.82, 2.24) is 5.32 Å². The lowest BCUT2D eigenvalue weighted by molar-refractivity contribution is 0.178. The molecule has 0 saturated carbocycles. The van der Waals surface area contributed by atoms with Crippen molar-refractivity contribution in [2.24, 2.45) is 0 Å². The van der Waals surface area contributed by atoms with E-state index in [-0.39, 0.29) is 17.5 Å². The molecule has 19 heavy (non-hydrogen) atoms. The van der Waals surface area contributed by atoms with Gasteiger partial charge < -0.3 is 15.3 Å².